The molecule has 0 bridgehead atoms. The maximum atomic E-state index is 6.37. The molecule has 0 unspecified atom stereocenters. The second kappa shape index (κ2) is 5.69. The van der Waals surface area contributed by atoms with Crippen molar-refractivity contribution < 1.29 is 24.8 Å². The minimum Gasteiger partial charge on any atom is -0.393 e. The van der Waals surface area contributed by atoms with E-state index in [0.29, 0.717) is 0 Å². The summed E-state index contributed by atoms with van der Waals surface area (Å²) in [5.41, 5.74) is 6.03. The van der Waals surface area contributed by atoms with Crippen molar-refractivity contribution in [2.45, 2.75) is 58.4 Å². The van der Waals surface area contributed by atoms with Gasteiger partial charge in [0.2, 0.25) is 0 Å². The third-order valence-corrected chi connectivity index (χ3v) is 6.39. The van der Waals surface area contributed by atoms with Crippen molar-refractivity contribution in [2.24, 2.45) is 0 Å². The average molecular weight is 553 g/mol. The molecule has 2 aliphatic heterocycles. The van der Waals surface area contributed by atoms with Crippen LogP contribution in [0.4, 0.5) is 5.69 Å². The summed E-state index contributed by atoms with van der Waals surface area (Å²) >= 11 is 0. The molecular formula is C23H26IrN3O-. The first kappa shape index (κ1) is 19.6. The molecule has 0 atom stereocenters. The van der Waals surface area contributed by atoms with Gasteiger partial charge in [0.05, 0.1) is 33.7 Å². The van der Waals surface area contributed by atoms with Gasteiger partial charge in [-0.05, 0) is 77.5 Å². The molecule has 4 nitrogen and oxygen atoms in total. The van der Waals surface area contributed by atoms with Crippen LogP contribution in [-0.2, 0) is 41.7 Å². The molecule has 0 saturated heterocycles. The van der Waals surface area contributed by atoms with Crippen LogP contribution in [0.1, 0.15) is 52.7 Å². The predicted molar refractivity (Wildman–Crippen MR) is 109 cm³/mol. The molecule has 0 aliphatic carbocycles. The second-order valence-electron chi connectivity index (χ2n) is 9.26. The van der Waals surface area contributed by atoms with Crippen LogP contribution in [0.2, 0.25) is 0 Å². The summed E-state index contributed by atoms with van der Waals surface area (Å²) in [6.45, 7) is 13.1. The van der Waals surface area contributed by atoms with E-state index in [1.54, 1.807) is 0 Å². The van der Waals surface area contributed by atoms with Crippen LogP contribution in [0.25, 0.3) is 22.4 Å². The molecule has 0 N–H and O–H groups in total. The summed E-state index contributed by atoms with van der Waals surface area (Å²) in [7, 11) is 2.14. The predicted octanol–water partition coefficient (Wildman–Crippen LogP) is 5.14. The number of aromatic nitrogens is 2. The molecule has 0 saturated carbocycles. The Bertz CT molecular complexity index is 1110. The van der Waals surface area contributed by atoms with Gasteiger partial charge in [-0.2, -0.15) is 0 Å². The Morgan fingerprint density at radius 1 is 1.00 bits per heavy atom. The molecule has 2 aromatic carbocycles. The summed E-state index contributed by atoms with van der Waals surface area (Å²) in [6, 6.07) is 14.1. The van der Waals surface area contributed by atoms with Crippen LogP contribution in [-0.4, -0.2) is 16.6 Å². The van der Waals surface area contributed by atoms with Crippen molar-refractivity contribution in [1.82, 2.24) is 9.55 Å². The topological polar surface area (TPSA) is 30.3 Å². The Labute approximate surface area is 180 Å². The summed E-state index contributed by atoms with van der Waals surface area (Å²) in [5, 5.41) is 0. The molecule has 1 radical (unpaired) electrons. The SMILES string of the molecule is CN1c2ccc[c-]c2-c2nc3cc4c(cc3n2C1(C)C)C(C)(C)OC4(C)C.[Ir]. The van der Waals surface area contributed by atoms with Crippen LogP contribution in [0.3, 0.4) is 0 Å². The first-order valence-corrected chi connectivity index (χ1v) is 9.57. The standard InChI is InChI=1S/C23H26N3O.Ir/c1-21(2)15-12-17-19(13-16(15)22(3,4)27-21)26-20(24-17)14-10-8-9-11-18(14)25(7)23(26,5)6;/h8-9,11-13H,1-7H3;/q-1;. The maximum absolute atomic E-state index is 6.37. The number of hydrogen-bond donors (Lipinski definition) is 0. The monoisotopic (exact) mass is 553 g/mol. The number of rotatable bonds is 0. The van der Waals surface area contributed by atoms with Crippen LogP contribution in [0.5, 0.6) is 0 Å². The zero-order chi connectivity index (χ0) is 19.4. The number of ether oxygens (including phenoxy) is 1. The Balaban J connectivity index is 0.00000192. The fraction of sp³-hybridized carbons (Fsp3) is 0.435. The molecule has 5 rings (SSSR count). The fourth-order valence-electron chi connectivity index (χ4n) is 4.92. The minimum atomic E-state index is -0.313. The van der Waals surface area contributed by atoms with Crippen molar-refractivity contribution >= 4 is 16.7 Å². The van der Waals surface area contributed by atoms with Gasteiger partial charge in [-0.15, -0.1) is 24.3 Å². The molecule has 1 aromatic heterocycles. The van der Waals surface area contributed by atoms with E-state index < -0.39 is 0 Å². The molecule has 0 amide bonds. The number of imidazole rings is 1. The maximum Gasteiger partial charge on any atom is 0.0966 e. The minimum absolute atomic E-state index is 0. The van der Waals surface area contributed by atoms with Gasteiger partial charge >= 0.3 is 0 Å². The van der Waals surface area contributed by atoms with Gasteiger partial charge in [-0.1, -0.05) is 5.56 Å². The smallest absolute Gasteiger partial charge is 0.0966 e. The van der Waals surface area contributed by atoms with Crippen molar-refractivity contribution in [2.75, 3.05) is 11.9 Å². The zero-order valence-corrected chi connectivity index (χ0v) is 19.9. The average Bonchev–Trinajstić information content (AvgIpc) is 3.05. The van der Waals surface area contributed by atoms with Crippen molar-refractivity contribution in [3.05, 3.63) is 47.5 Å². The van der Waals surface area contributed by atoms with Crippen molar-refractivity contribution in [3.8, 4) is 11.4 Å². The molecule has 28 heavy (non-hydrogen) atoms. The molecule has 3 heterocycles. The van der Waals surface area contributed by atoms with Gasteiger partial charge in [0.25, 0.3) is 0 Å². The number of hydrogen-bond acceptors (Lipinski definition) is 3. The van der Waals surface area contributed by atoms with E-state index in [1.807, 2.05) is 12.1 Å². The Morgan fingerprint density at radius 2 is 1.64 bits per heavy atom. The first-order valence-electron chi connectivity index (χ1n) is 9.57. The van der Waals surface area contributed by atoms with E-state index in [9.17, 15) is 0 Å². The quantitative estimate of drug-likeness (QED) is 0.362. The summed E-state index contributed by atoms with van der Waals surface area (Å²) < 4.78 is 8.72. The molecule has 2 aliphatic rings. The number of anilines is 1. The van der Waals surface area contributed by atoms with Crippen LogP contribution in [0, 0.1) is 6.07 Å². The number of benzene rings is 2. The number of nitrogens with zero attached hydrogens (tertiary/aromatic N) is 3. The zero-order valence-electron chi connectivity index (χ0n) is 17.5. The fourth-order valence-corrected chi connectivity index (χ4v) is 4.92. The van der Waals surface area contributed by atoms with Gasteiger partial charge in [0, 0.05) is 20.1 Å². The van der Waals surface area contributed by atoms with E-state index in [4.69, 9.17) is 9.72 Å². The van der Waals surface area contributed by atoms with E-state index in [-0.39, 0.29) is 37.0 Å². The van der Waals surface area contributed by atoms with Gasteiger partial charge in [-0.25, -0.2) is 0 Å². The van der Waals surface area contributed by atoms with E-state index >= 15 is 0 Å². The number of fused-ring (bicyclic) bond motifs is 6. The van der Waals surface area contributed by atoms with E-state index in [2.05, 4.69) is 82.3 Å². The summed E-state index contributed by atoms with van der Waals surface area (Å²) in [4.78, 5) is 7.38. The van der Waals surface area contributed by atoms with Crippen LogP contribution < -0.4 is 4.90 Å². The normalized spacial score (nSPS) is 20.3. The van der Waals surface area contributed by atoms with Crippen molar-refractivity contribution in [1.29, 1.82) is 0 Å². The Hall–Kier alpha value is -1.68. The summed E-state index contributed by atoms with van der Waals surface area (Å²) in [6.07, 6.45) is 0. The van der Waals surface area contributed by atoms with E-state index in [0.717, 1.165) is 22.4 Å². The Kier molecular flexibility index (Phi) is 3.99. The largest absolute Gasteiger partial charge is 0.393 e. The van der Waals surface area contributed by atoms with E-state index in [1.165, 1.54) is 16.8 Å². The molecule has 0 fully saturated rings. The van der Waals surface area contributed by atoms with Crippen LogP contribution in [0.15, 0.2) is 30.3 Å². The second-order valence-corrected chi connectivity index (χ2v) is 9.26. The van der Waals surface area contributed by atoms with Crippen LogP contribution >= 0.6 is 0 Å². The third-order valence-electron chi connectivity index (χ3n) is 6.39. The van der Waals surface area contributed by atoms with Gasteiger partial charge in [0.15, 0.2) is 0 Å². The molecule has 149 valence electrons. The summed E-state index contributed by atoms with van der Waals surface area (Å²) in [5.74, 6) is 0.990. The molecular weight excluding hydrogens is 526 g/mol. The van der Waals surface area contributed by atoms with Gasteiger partial charge in [-0.3, -0.25) is 4.98 Å². The molecule has 5 heteroatoms. The third kappa shape index (κ3) is 2.33. The van der Waals surface area contributed by atoms with Gasteiger partial charge in [0.1, 0.15) is 0 Å². The Morgan fingerprint density at radius 3 is 2.32 bits per heavy atom. The first-order chi connectivity index (χ1) is 12.5. The van der Waals surface area contributed by atoms with Crippen molar-refractivity contribution in [3.63, 3.8) is 0 Å². The molecule has 0 spiro atoms. The molecule has 3 aromatic rings. The van der Waals surface area contributed by atoms with Gasteiger partial charge < -0.3 is 14.2 Å².